The number of rotatable bonds is 6. The summed E-state index contributed by atoms with van der Waals surface area (Å²) in [6.07, 6.45) is 6.37. The van der Waals surface area contributed by atoms with Crippen molar-refractivity contribution < 1.29 is 4.74 Å². The van der Waals surface area contributed by atoms with Gasteiger partial charge < -0.3 is 10.1 Å². The van der Waals surface area contributed by atoms with Gasteiger partial charge >= 0.3 is 0 Å². The maximum atomic E-state index is 5.34. The molecule has 3 nitrogen and oxygen atoms in total. The van der Waals surface area contributed by atoms with Crippen LogP contribution < -0.4 is 5.32 Å². The number of fused-ring (bicyclic) bond motifs is 1. The Morgan fingerprint density at radius 2 is 2.10 bits per heavy atom. The lowest BCUT2D eigenvalue weighted by Crippen LogP contribution is -2.47. The molecule has 1 aliphatic heterocycles. The molecule has 1 saturated heterocycles. The van der Waals surface area contributed by atoms with Crippen LogP contribution in [-0.4, -0.2) is 50.3 Å². The summed E-state index contributed by atoms with van der Waals surface area (Å²) in [4.78, 5) is 2.67. The van der Waals surface area contributed by atoms with Crippen LogP contribution in [-0.2, 0) is 17.6 Å². The molecule has 1 N–H and O–H groups in total. The summed E-state index contributed by atoms with van der Waals surface area (Å²) in [5.74, 6) is 0. The van der Waals surface area contributed by atoms with Gasteiger partial charge in [-0.1, -0.05) is 24.3 Å². The van der Waals surface area contributed by atoms with Gasteiger partial charge in [-0.15, -0.1) is 0 Å². The fourth-order valence-corrected chi connectivity index (χ4v) is 3.82. The van der Waals surface area contributed by atoms with Crippen LogP contribution in [0.4, 0.5) is 0 Å². The molecule has 2 atom stereocenters. The maximum absolute atomic E-state index is 5.34. The lowest BCUT2D eigenvalue weighted by Gasteiger charge is -2.36. The summed E-state index contributed by atoms with van der Waals surface area (Å²) in [6.45, 7) is 4.26. The molecule has 0 spiro atoms. The predicted molar refractivity (Wildman–Crippen MR) is 86.7 cm³/mol. The number of hydrogen-bond acceptors (Lipinski definition) is 3. The van der Waals surface area contributed by atoms with E-state index in [0.717, 1.165) is 13.2 Å². The summed E-state index contributed by atoms with van der Waals surface area (Å²) in [6, 6.07) is 10.3. The molecule has 1 aromatic rings. The van der Waals surface area contributed by atoms with Crippen molar-refractivity contribution in [3.8, 4) is 0 Å². The molecule has 2 unspecified atom stereocenters. The highest BCUT2D eigenvalue weighted by molar-refractivity contribution is 5.30. The molecule has 3 heteroatoms. The van der Waals surface area contributed by atoms with Crippen LogP contribution >= 0.6 is 0 Å². The van der Waals surface area contributed by atoms with Crippen molar-refractivity contribution in [3.63, 3.8) is 0 Å². The van der Waals surface area contributed by atoms with Gasteiger partial charge in [0.2, 0.25) is 0 Å². The molecule has 0 aromatic heterocycles. The molecule has 1 fully saturated rings. The third-order valence-corrected chi connectivity index (χ3v) is 5.04. The molecule has 2 aliphatic rings. The van der Waals surface area contributed by atoms with E-state index in [-0.39, 0.29) is 0 Å². The second-order valence-corrected chi connectivity index (χ2v) is 6.45. The van der Waals surface area contributed by atoms with Crippen molar-refractivity contribution in [3.05, 3.63) is 35.4 Å². The first-order valence-electron chi connectivity index (χ1n) is 8.40. The summed E-state index contributed by atoms with van der Waals surface area (Å²) in [5.41, 5.74) is 3.11. The van der Waals surface area contributed by atoms with Gasteiger partial charge in [-0.3, -0.25) is 4.90 Å². The normalized spacial score (nSPS) is 25.2. The quantitative estimate of drug-likeness (QED) is 0.869. The molecule has 1 heterocycles. The van der Waals surface area contributed by atoms with Crippen LogP contribution in [0.15, 0.2) is 24.3 Å². The Morgan fingerprint density at radius 3 is 2.86 bits per heavy atom. The van der Waals surface area contributed by atoms with E-state index in [2.05, 4.69) is 34.5 Å². The minimum Gasteiger partial charge on any atom is -0.383 e. The largest absolute Gasteiger partial charge is 0.383 e. The van der Waals surface area contributed by atoms with Crippen LogP contribution in [0.25, 0.3) is 0 Å². The number of nitrogens with one attached hydrogen (secondary N) is 1. The number of aryl methyl sites for hydroxylation is 1. The van der Waals surface area contributed by atoms with E-state index in [1.165, 1.54) is 45.2 Å². The molecule has 1 aromatic carbocycles. The van der Waals surface area contributed by atoms with Gasteiger partial charge in [-0.25, -0.2) is 0 Å². The molecule has 1 aliphatic carbocycles. The molecule has 0 saturated carbocycles. The van der Waals surface area contributed by atoms with Crippen molar-refractivity contribution in [2.24, 2.45) is 0 Å². The lowest BCUT2D eigenvalue weighted by atomic mass is 9.87. The van der Waals surface area contributed by atoms with Crippen molar-refractivity contribution >= 4 is 0 Å². The summed E-state index contributed by atoms with van der Waals surface area (Å²) in [7, 11) is 1.81. The highest BCUT2D eigenvalue weighted by atomic mass is 16.5. The highest BCUT2D eigenvalue weighted by Gasteiger charge is 2.26. The van der Waals surface area contributed by atoms with E-state index in [9.17, 15) is 0 Å². The number of hydrogen-bond donors (Lipinski definition) is 1. The van der Waals surface area contributed by atoms with E-state index < -0.39 is 0 Å². The second-order valence-electron chi connectivity index (χ2n) is 6.45. The maximum Gasteiger partial charge on any atom is 0.0589 e. The average molecular weight is 288 g/mol. The second kappa shape index (κ2) is 7.39. The number of ether oxygens (including phenoxy) is 1. The lowest BCUT2D eigenvalue weighted by molar-refractivity contribution is 0.106. The first-order chi connectivity index (χ1) is 10.4. The number of nitrogens with zero attached hydrogens (tertiary/aromatic N) is 1. The Bertz CT molecular complexity index is 443. The third-order valence-electron chi connectivity index (χ3n) is 5.04. The molecular formula is C18H28N2O. The zero-order valence-corrected chi connectivity index (χ0v) is 13.2. The SMILES string of the molecule is COCCN(CC1CCCN1)C1CCc2ccccc2C1. The third kappa shape index (κ3) is 3.85. The Hall–Kier alpha value is -0.900. The Kier molecular flexibility index (Phi) is 5.28. The van der Waals surface area contributed by atoms with E-state index in [4.69, 9.17) is 4.74 Å². The number of methoxy groups -OCH3 is 1. The minimum absolute atomic E-state index is 0.678. The van der Waals surface area contributed by atoms with Gasteiger partial charge in [0.1, 0.15) is 0 Å². The van der Waals surface area contributed by atoms with Crippen molar-refractivity contribution in [1.82, 2.24) is 10.2 Å². The van der Waals surface area contributed by atoms with Crippen molar-refractivity contribution in [2.45, 2.75) is 44.2 Å². The first-order valence-corrected chi connectivity index (χ1v) is 8.40. The van der Waals surface area contributed by atoms with Gasteiger partial charge in [-0.2, -0.15) is 0 Å². The fraction of sp³-hybridized carbons (Fsp3) is 0.667. The van der Waals surface area contributed by atoms with E-state index in [1.807, 2.05) is 7.11 Å². The Labute approximate surface area is 128 Å². The Balaban J connectivity index is 1.65. The monoisotopic (exact) mass is 288 g/mol. The molecule has 116 valence electrons. The van der Waals surface area contributed by atoms with Crippen LogP contribution in [0.3, 0.4) is 0 Å². The fourth-order valence-electron chi connectivity index (χ4n) is 3.82. The van der Waals surface area contributed by atoms with E-state index >= 15 is 0 Å². The zero-order valence-electron chi connectivity index (χ0n) is 13.2. The van der Waals surface area contributed by atoms with Gasteiger partial charge in [0.15, 0.2) is 0 Å². The van der Waals surface area contributed by atoms with Crippen molar-refractivity contribution in [1.29, 1.82) is 0 Å². The summed E-state index contributed by atoms with van der Waals surface area (Å²) < 4.78 is 5.34. The Morgan fingerprint density at radius 1 is 1.24 bits per heavy atom. The standard InChI is InChI=1S/C18H28N2O/c1-21-12-11-20(14-17-7-4-10-19-17)18-9-8-15-5-2-3-6-16(15)13-18/h2-3,5-6,17-19H,4,7-14H2,1H3. The first kappa shape index (κ1) is 15.0. The average Bonchev–Trinajstić information content (AvgIpc) is 3.04. The highest BCUT2D eigenvalue weighted by Crippen LogP contribution is 2.25. The smallest absolute Gasteiger partial charge is 0.0589 e. The van der Waals surface area contributed by atoms with Gasteiger partial charge in [0.25, 0.3) is 0 Å². The topological polar surface area (TPSA) is 24.5 Å². The molecule has 21 heavy (non-hydrogen) atoms. The molecule has 0 amide bonds. The van der Waals surface area contributed by atoms with E-state index in [1.54, 1.807) is 11.1 Å². The zero-order chi connectivity index (χ0) is 14.5. The minimum atomic E-state index is 0.678. The van der Waals surface area contributed by atoms with Crippen LogP contribution in [0, 0.1) is 0 Å². The van der Waals surface area contributed by atoms with Crippen LogP contribution in [0.2, 0.25) is 0 Å². The van der Waals surface area contributed by atoms with Gasteiger partial charge in [-0.05, 0) is 49.8 Å². The summed E-state index contributed by atoms with van der Waals surface area (Å²) >= 11 is 0. The predicted octanol–water partition coefficient (Wildman–Crippen LogP) is 2.24. The molecule has 0 radical (unpaired) electrons. The van der Waals surface area contributed by atoms with Gasteiger partial charge in [0.05, 0.1) is 6.61 Å². The van der Waals surface area contributed by atoms with Gasteiger partial charge in [0, 0.05) is 32.3 Å². The molecule has 3 rings (SSSR count). The summed E-state index contributed by atoms with van der Waals surface area (Å²) in [5, 5.41) is 3.64. The van der Waals surface area contributed by atoms with E-state index in [0.29, 0.717) is 12.1 Å². The van der Waals surface area contributed by atoms with Crippen LogP contribution in [0.5, 0.6) is 0 Å². The molecular weight excluding hydrogens is 260 g/mol. The number of benzene rings is 1. The molecule has 0 bridgehead atoms. The van der Waals surface area contributed by atoms with Crippen molar-refractivity contribution in [2.75, 3.05) is 33.4 Å². The van der Waals surface area contributed by atoms with Crippen LogP contribution in [0.1, 0.15) is 30.4 Å².